The second-order valence-corrected chi connectivity index (χ2v) is 12.2. The number of hydrogen-bond acceptors (Lipinski definition) is 4. The highest BCUT2D eigenvalue weighted by Gasteiger charge is 2.43. The Balaban J connectivity index is 0.000000321. The monoisotopic (exact) mass is 534 g/mol. The Morgan fingerprint density at radius 2 is 0.600 bits per heavy atom. The standard InChI is InChI=1S/C28H18O2.2C4H10O/c29-27(23-13-5-1-9-19(23)20-10-2-6-14-24(20)27)17-18-28(30)25-15-7-3-11-21(25)22-12-4-8-16-26(22)28;2*1-4(2,3)5/h1-16,29-30H;2*5H,1-3H3. The Morgan fingerprint density at radius 1 is 0.425 bits per heavy atom. The molecule has 0 heterocycles. The first kappa shape index (κ1) is 29.3. The molecule has 0 spiro atoms. The van der Waals surface area contributed by atoms with Crippen LogP contribution >= 0.6 is 0 Å². The van der Waals surface area contributed by atoms with E-state index in [1.54, 1.807) is 41.5 Å². The van der Waals surface area contributed by atoms with E-state index in [2.05, 4.69) is 11.8 Å². The zero-order valence-corrected chi connectivity index (χ0v) is 24.0. The predicted octanol–water partition coefficient (Wildman–Crippen LogP) is 6.38. The quantitative estimate of drug-likeness (QED) is 0.198. The second-order valence-electron chi connectivity index (χ2n) is 12.2. The van der Waals surface area contributed by atoms with E-state index in [1.807, 2.05) is 97.1 Å². The minimum absolute atomic E-state index is 0.500. The maximum Gasteiger partial charge on any atom is 0.178 e. The second kappa shape index (κ2) is 10.7. The molecule has 0 radical (unpaired) electrons. The third kappa shape index (κ3) is 6.04. The van der Waals surface area contributed by atoms with E-state index in [9.17, 15) is 10.2 Å². The van der Waals surface area contributed by atoms with Crippen molar-refractivity contribution in [2.24, 2.45) is 0 Å². The van der Waals surface area contributed by atoms with Gasteiger partial charge in [0.25, 0.3) is 0 Å². The lowest BCUT2D eigenvalue weighted by Crippen LogP contribution is -2.26. The van der Waals surface area contributed by atoms with Crippen molar-refractivity contribution in [3.63, 3.8) is 0 Å². The zero-order valence-electron chi connectivity index (χ0n) is 24.0. The van der Waals surface area contributed by atoms with Crippen LogP contribution in [0.3, 0.4) is 0 Å². The average Bonchev–Trinajstić information content (AvgIpc) is 3.29. The van der Waals surface area contributed by atoms with Gasteiger partial charge >= 0.3 is 0 Å². The summed E-state index contributed by atoms with van der Waals surface area (Å²) < 4.78 is 0. The largest absolute Gasteiger partial charge is 0.391 e. The summed E-state index contributed by atoms with van der Waals surface area (Å²) >= 11 is 0. The van der Waals surface area contributed by atoms with Crippen LogP contribution in [0.5, 0.6) is 0 Å². The molecule has 6 rings (SSSR count). The summed E-state index contributed by atoms with van der Waals surface area (Å²) in [5.41, 5.74) is 2.96. The van der Waals surface area contributed by atoms with Gasteiger partial charge in [0.05, 0.1) is 11.2 Å². The molecule has 4 aromatic rings. The first-order valence-electron chi connectivity index (χ1n) is 13.5. The Bertz CT molecular complexity index is 1350. The van der Waals surface area contributed by atoms with E-state index in [4.69, 9.17) is 10.2 Å². The summed E-state index contributed by atoms with van der Waals surface area (Å²) in [5.74, 6) is 6.18. The molecule has 0 saturated heterocycles. The van der Waals surface area contributed by atoms with E-state index in [1.165, 1.54) is 0 Å². The van der Waals surface area contributed by atoms with E-state index < -0.39 is 22.4 Å². The van der Waals surface area contributed by atoms with Crippen LogP contribution in [0.1, 0.15) is 63.8 Å². The van der Waals surface area contributed by atoms with E-state index in [0.717, 1.165) is 44.5 Å². The number of hydrogen-bond donors (Lipinski definition) is 4. The molecule has 4 nitrogen and oxygen atoms in total. The van der Waals surface area contributed by atoms with Crippen molar-refractivity contribution in [2.45, 2.75) is 63.9 Å². The normalized spacial score (nSPS) is 14.9. The molecule has 4 aromatic carbocycles. The van der Waals surface area contributed by atoms with Gasteiger partial charge in [-0.3, -0.25) is 0 Å². The molecule has 2 aliphatic carbocycles. The summed E-state index contributed by atoms with van der Waals surface area (Å²) in [6.07, 6.45) is 0. The third-order valence-electron chi connectivity index (χ3n) is 6.27. The van der Waals surface area contributed by atoms with E-state index in [-0.39, 0.29) is 0 Å². The predicted molar refractivity (Wildman–Crippen MR) is 161 cm³/mol. The lowest BCUT2D eigenvalue weighted by atomic mass is 9.87. The first-order valence-corrected chi connectivity index (χ1v) is 13.5. The lowest BCUT2D eigenvalue weighted by Gasteiger charge is -2.23. The molecule has 0 amide bonds. The van der Waals surface area contributed by atoms with Crippen LogP contribution in [-0.4, -0.2) is 31.6 Å². The van der Waals surface area contributed by atoms with Crippen molar-refractivity contribution in [2.75, 3.05) is 0 Å². The highest BCUT2D eigenvalue weighted by molar-refractivity contribution is 5.84. The van der Waals surface area contributed by atoms with Gasteiger partial charge in [0.1, 0.15) is 0 Å². The smallest absolute Gasteiger partial charge is 0.178 e. The fraction of sp³-hybridized carbons (Fsp3) is 0.278. The summed E-state index contributed by atoms with van der Waals surface area (Å²) in [5, 5.41) is 40.6. The van der Waals surface area contributed by atoms with Crippen LogP contribution in [0.2, 0.25) is 0 Å². The van der Waals surface area contributed by atoms with Crippen LogP contribution in [0, 0.1) is 11.8 Å². The number of rotatable bonds is 0. The Labute approximate surface area is 237 Å². The van der Waals surface area contributed by atoms with Crippen LogP contribution in [0.25, 0.3) is 22.3 Å². The minimum Gasteiger partial charge on any atom is -0.391 e. The van der Waals surface area contributed by atoms with Crippen LogP contribution in [0.15, 0.2) is 97.1 Å². The number of benzene rings is 4. The van der Waals surface area contributed by atoms with Gasteiger partial charge in [-0.05, 0) is 63.8 Å². The average molecular weight is 535 g/mol. The summed E-state index contributed by atoms with van der Waals surface area (Å²) in [6, 6.07) is 31.1. The summed E-state index contributed by atoms with van der Waals surface area (Å²) in [6.45, 7) is 10.5. The summed E-state index contributed by atoms with van der Waals surface area (Å²) in [4.78, 5) is 0. The van der Waals surface area contributed by atoms with Gasteiger partial charge in [-0.15, -0.1) is 0 Å². The van der Waals surface area contributed by atoms with Crippen molar-refractivity contribution >= 4 is 0 Å². The Kier molecular flexibility index (Phi) is 7.82. The number of aliphatic hydroxyl groups is 4. The molecule has 0 aromatic heterocycles. The molecule has 0 fully saturated rings. The zero-order chi connectivity index (χ0) is 29.3. The Morgan fingerprint density at radius 3 is 0.800 bits per heavy atom. The molecule has 0 bridgehead atoms. The number of fused-ring (bicyclic) bond motifs is 6. The molecule has 0 unspecified atom stereocenters. The molecule has 206 valence electrons. The Hall–Kier alpha value is -3.72. The maximum absolute atomic E-state index is 11.8. The van der Waals surface area contributed by atoms with Gasteiger partial charge in [-0.1, -0.05) is 109 Å². The highest BCUT2D eigenvalue weighted by atomic mass is 16.3. The molecular formula is C36H38O4. The molecule has 2 aliphatic rings. The third-order valence-corrected chi connectivity index (χ3v) is 6.27. The lowest BCUT2D eigenvalue weighted by molar-refractivity contribution is 0.101. The van der Waals surface area contributed by atoms with Crippen molar-refractivity contribution in [3.05, 3.63) is 119 Å². The molecule has 0 atom stereocenters. The maximum atomic E-state index is 11.8. The van der Waals surface area contributed by atoms with Crippen LogP contribution < -0.4 is 0 Å². The van der Waals surface area contributed by atoms with Gasteiger partial charge < -0.3 is 20.4 Å². The molecule has 0 aliphatic heterocycles. The topological polar surface area (TPSA) is 80.9 Å². The van der Waals surface area contributed by atoms with Gasteiger partial charge in [0.2, 0.25) is 0 Å². The molecule has 40 heavy (non-hydrogen) atoms. The van der Waals surface area contributed by atoms with Crippen molar-refractivity contribution in [1.29, 1.82) is 0 Å². The van der Waals surface area contributed by atoms with Crippen molar-refractivity contribution in [1.82, 2.24) is 0 Å². The first-order chi connectivity index (χ1) is 18.6. The minimum atomic E-state index is -1.48. The van der Waals surface area contributed by atoms with Gasteiger partial charge in [-0.2, -0.15) is 0 Å². The molecule has 4 N–H and O–H groups in total. The SMILES string of the molecule is CC(C)(C)O.CC(C)(C)O.OC1(C#CC2(O)c3ccccc3-c3ccccc32)c2ccccc2-c2ccccc21. The van der Waals surface area contributed by atoms with Crippen molar-refractivity contribution in [3.8, 4) is 34.1 Å². The van der Waals surface area contributed by atoms with E-state index in [0.29, 0.717) is 0 Å². The molecule has 0 saturated carbocycles. The molecule has 4 heteroatoms. The molecular weight excluding hydrogens is 496 g/mol. The van der Waals surface area contributed by atoms with Gasteiger partial charge in [0, 0.05) is 22.3 Å². The fourth-order valence-electron chi connectivity index (χ4n) is 4.87. The van der Waals surface area contributed by atoms with Crippen LogP contribution in [-0.2, 0) is 11.2 Å². The van der Waals surface area contributed by atoms with Gasteiger partial charge in [0.15, 0.2) is 11.2 Å². The van der Waals surface area contributed by atoms with Crippen LogP contribution in [0.4, 0.5) is 0 Å². The van der Waals surface area contributed by atoms with E-state index >= 15 is 0 Å². The summed E-state index contributed by atoms with van der Waals surface area (Å²) in [7, 11) is 0. The fourth-order valence-corrected chi connectivity index (χ4v) is 4.87. The van der Waals surface area contributed by atoms with Crippen molar-refractivity contribution < 1.29 is 20.4 Å². The van der Waals surface area contributed by atoms with Gasteiger partial charge in [-0.25, -0.2) is 0 Å². The highest BCUT2D eigenvalue weighted by Crippen LogP contribution is 2.49.